The summed E-state index contributed by atoms with van der Waals surface area (Å²) in [5.41, 5.74) is 6.16. The molecule has 0 unspecified atom stereocenters. The van der Waals surface area contributed by atoms with Crippen LogP contribution in [0.1, 0.15) is 26.7 Å². The summed E-state index contributed by atoms with van der Waals surface area (Å²) < 4.78 is 0. The average Bonchev–Trinajstić information content (AvgIpc) is 2.74. The fraction of sp³-hybridized carbons (Fsp3) is 0.538. The second-order valence-electron chi connectivity index (χ2n) is 5.73. The Morgan fingerprint density at radius 1 is 1.39 bits per heavy atom. The van der Waals surface area contributed by atoms with Crippen LogP contribution in [0.5, 0.6) is 0 Å². The summed E-state index contributed by atoms with van der Waals surface area (Å²) in [6, 6.07) is 2.09. The predicted octanol–water partition coefficient (Wildman–Crippen LogP) is 2.90. The van der Waals surface area contributed by atoms with Crippen molar-refractivity contribution in [3.8, 4) is 0 Å². The van der Waals surface area contributed by atoms with E-state index in [1.54, 1.807) is 11.3 Å². The third-order valence-electron chi connectivity index (χ3n) is 3.52. The molecule has 18 heavy (non-hydrogen) atoms. The molecule has 0 saturated carbocycles. The molecule has 0 atom stereocenters. The molecule has 3 rings (SSSR count). The van der Waals surface area contributed by atoms with Crippen molar-refractivity contribution in [1.82, 2.24) is 9.97 Å². The minimum atomic E-state index is 0.348. The number of nitrogens with two attached hydrogens (primary N) is 1. The highest BCUT2D eigenvalue weighted by Gasteiger charge is 2.28. The summed E-state index contributed by atoms with van der Waals surface area (Å²) in [5.74, 6) is 1.38. The van der Waals surface area contributed by atoms with Crippen LogP contribution in [-0.2, 0) is 0 Å². The predicted molar refractivity (Wildman–Crippen MR) is 77.1 cm³/mol. The van der Waals surface area contributed by atoms with Gasteiger partial charge < -0.3 is 10.6 Å². The van der Waals surface area contributed by atoms with Crippen LogP contribution in [0.4, 0.5) is 11.8 Å². The van der Waals surface area contributed by atoms with Gasteiger partial charge in [-0.2, -0.15) is 4.98 Å². The monoisotopic (exact) mass is 262 g/mol. The molecule has 1 fully saturated rings. The van der Waals surface area contributed by atoms with E-state index in [4.69, 9.17) is 5.73 Å². The van der Waals surface area contributed by atoms with E-state index in [1.807, 2.05) is 0 Å². The van der Waals surface area contributed by atoms with E-state index in [0.717, 1.165) is 29.1 Å². The van der Waals surface area contributed by atoms with Gasteiger partial charge in [0.15, 0.2) is 0 Å². The number of rotatable bonds is 1. The molecule has 4 nitrogen and oxygen atoms in total. The maximum atomic E-state index is 5.82. The lowest BCUT2D eigenvalue weighted by Gasteiger charge is -2.38. The minimum Gasteiger partial charge on any atom is -0.368 e. The van der Waals surface area contributed by atoms with Gasteiger partial charge in [-0.1, -0.05) is 13.8 Å². The van der Waals surface area contributed by atoms with Crippen LogP contribution < -0.4 is 10.6 Å². The fourth-order valence-electron chi connectivity index (χ4n) is 2.70. The van der Waals surface area contributed by atoms with Crippen molar-refractivity contribution in [3.05, 3.63) is 11.4 Å². The lowest BCUT2D eigenvalue weighted by molar-refractivity contribution is 0.292. The average molecular weight is 262 g/mol. The second kappa shape index (κ2) is 4.09. The molecule has 0 aromatic carbocycles. The van der Waals surface area contributed by atoms with Crippen LogP contribution in [0.25, 0.3) is 10.2 Å². The van der Waals surface area contributed by atoms with Crippen molar-refractivity contribution in [2.75, 3.05) is 23.7 Å². The van der Waals surface area contributed by atoms with Gasteiger partial charge in [0.2, 0.25) is 5.95 Å². The lowest BCUT2D eigenvalue weighted by atomic mass is 9.84. The molecule has 96 valence electrons. The standard InChI is InChI=1S/C13H18N4S/c1-13(2)5-3-6-17(8-13)10-9-4-7-18-11(9)16-12(14)15-10/h4,7H,3,5-6,8H2,1-2H3,(H2,14,15,16). The highest BCUT2D eigenvalue weighted by atomic mass is 32.1. The molecular formula is C13H18N4S. The molecule has 0 radical (unpaired) electrons. The molecule has 0 amide bonds. The molecule has 2 N–H and O–H groups in total. The van der Waals surface area contributed by atoms with Crippen molar-refractivity contribution in [3.63, 3.8) is 0 Å². The molecule has 1 saturated heterocycles. The van der Waals surface area contributed by atoms with Crippen molar-refractivity contribution in [1.29, 1.82) is 0 Å². The van der Waals surface area contributed by atoms with Gasteiger partial charge in [0, 0.05) is 13.1 Å². The Morgan fingerprint density at radius 3 is 3.00 bits per heavy atom. The molecular weight excluding hydrogens is 244 g/mol. The summed E-state index contributed by atoms with van der Waals surface area (Å²) in [6.45, 7) is 6.72. The van der Waals surface area contributed by atoms with Gasteiger partial charge in [-0.25, -0.2) is 4.98 Å². The number of thiophene rings is 1. The molecule has 2 aromatic heterocycles. The van der Waals surface area contributed by atoms with Gasteiger partial charge in [-0.15, -0.1) is 11.3 Å². The van der Waals surface area contributed by atoms with E-state index in [0.29, 0.717) is 11.4 Å². The third-order valence-corrected chi connectivity index (χ3v) is 4.33. The quantitative estimate of drug-likeness (QED) is 0.858. The number of nitrogens with zero attached hydrogens (tertiary/aromatic N) is 3. The van der Waals surface area contributed by atoms with Gasteiger partial charge in [-0.05, 0) is 29.7 Å². The SMILES string of the molecule is CC1(C)CCCN(c2nc(N)nc3sccc23)C1. The van der Waals surface area contributed by atoms with E-state index in [2.05, 4.69) is 40.2 Å². The number of aromatic nitrogens is 2. The summed E-state index contributed by atoms with van der Waals surface area (Å²) in [4.78, 5) is 12.1. The molecule has 0 spiro atoms. The number of hydrogen-bond donors (Lipinski definition) is 1. The highest BCUT2D eigenvalue weighted by molar-refractivity contribution is 7.16. The Morgan fingerprint density at radius 2 is 2.22 bits per heavy atom. The first kappa shape index (κ1) is 11.7. The normalized spacial score (nSPS) is 19.3. The topological polar surface area (TPSA) is 55.0 Å². The number of piperidine rings is 1. The van der Waals surface area contributed by atoms with Crippen LogP contribution in [-0.4, -0.2) is 23.1 Å². The van der Waals surface area contributed by atoms with E-state index in [1.165, 1.54) is 12.8 Å². The van der Waals surface area contributed by atoms with Gasteiger partial charge in [0.25, 0.3) is 0 Å². The van der Waals surface area contributed by atoms with Gasteiger partial charge >= 0.3 is 0 Å². The maximum absolute atomic E-state index is 5.82. The molecule has 0 bridgehead atoms. The van der Waals surface area contributed by atoms with Crippen molar-refractivity contribution < 1.29 is 0 Å². The van der Waals surface area contributed by atoms with Gasteiger partial charge in [0.1, 0.15) is 10.6 Å². The third kappa shape index (κ3) is 2.03. The zero-order chi connectivity index (χ0) is 12.8. The first-order chi connectivity index (χ1) is 8.55. The first-order valence-corrected chi connectivity index (χ1v) is 7.19. The van der Waals surface area contributed by atoms with Gasteiger partial charge in [0.05, 0.1) is 5.39 Å². The summed E-state index contributed by atoms with van der Waals surface area (Å²) in [7, 11) is 0. The van der Waals surface area contributed by atoms with Crippen LogP contribution in [0.3, 0.4) is 0 Å². The molecule has 0 aliphatic carbocycles. The molecule has 2 aromatic rings. The Balaban J connectivity index is 2.05. The highest BCUT2D eigenvalue weighted by Crippen LogP contribution is 2.35. The number of anilines is 2. The van der Waals surface area contributed by atoms with Crippen molar-refractivity contribution in [2.24, 2.45) is 5.41 Å². The fourth-order valence-corrected chi connectivity index (χ4v) is 3.47. The Labute approximate surface area is 111 Å². The largest absolute Gasteiger partial charge is 0.368 e. The smallest absolute Gasteiger partial charge is 0.223 e. The zero-order valence-corrected chi connectivity index (χ0v) is 11.6. The van der Waals surface area contributed by atoms with E-state index >= 15 is 0 Å². The molecule has 3 heterocycles. The van der Waals surface area contributed by atoms with Crippen molar-refractivity contribution in [2.45, 2.75) is 26.7 Å². The number of hydrogen-bond acceptors (Lipinski definition) is 5. The van der Waals surface area contributed by atoms with Crippen LogP contribution in [0.2, 0.25) is 0 Å². The zero-order valence-electron chi connectivity index (χ0n) is 10.8. The molecule has 1 aliphatic rings. The van der Waals surface area contributed by atoms with E-state index in [-0.39, 0.29) is 0 Å². The Kier molecular flexibility index (Phi) is 2.66. The molecule has 1 aliphatic heterocycles. The molecule has 5 heteroatoms. The van der Waals surface area contributed by atoms with Crippen molar-refractivity contribution >= 4 is 33.3 Å². The minimum absolute atomic E-state index is 0.348. The Bertz CT molecular complexity index is 575. The second-order valence-corrected chi connectivity index (χ2v) is 6.63. The summed E-state index contributed by atoms with van der Waals surface area (Å²) in [5, 5.41) is 3.18. The first-order valence-electron chi connectivity index (χ1n) is 6.31. The summed E-state index contributed by atoms with van der Waals surface area (Å²) in [6.07, 6.45) is 2.49. The Hall–Kier alpha value is -1.36. The lowest BCUT2D eigenvalue weighted by Crippen LogP contribution is -2.40. The van der Waals surface area contributed by atoms with Crippen LogP contribution >= 0.6 is 11.3 Å². The number of fused-ring (bicyclic) bond motifs is 1. The number of nitrogen functional groups attached to an aromatic ring is 1. The van der Waals surface area contributed by atoms with E-state index in [9.17, 15) is 0 Å². The van der Waals surface area contributed by atoms with E-state index < -0.39 is 0 Å². The van der Waals surface area contributed by atoms with Gasteiger partial charge in [-0.3, -0.25) is 0 Å². The maximum Gasteiger partial charge on any atom is 0.223 e. The summed E-state index contributed by atoms with van der Waals surface area (Å²) >= 11 is 1.62. The van der Waals surface area contributed by atoms with Crippen LogP contribution in [0.15, 0.2) is 11.4 Å². The van der Waals surface area contributed by atoms with Crippen LogP contribution in [0, 0.1) is 5.41 Å².